The number of aromatic nitrogens is 1. The second kappa shape index (κ2) is 7.73. The summed E-state index contributed by atoms with van der Waals surface area (Å²) in [5.74, 6) is -0.500. The van der Waals surface area contributed by atoms with Crippen LogP contribution >= 0.6 is 11.3 Å². The maximum Gasteiger partial charge on any atom is 0.262 e. The van der Waals surface area contributed by atoms with Crippen molar-refractivity contribution >= 4 is 28.7 Å². The van der Waals surface area contributed by atoms with Crippen molar-refractivity contribution in [1.29, 1.82) is 5.26 Å². The number of nitrogens with one attached hydrogen (secondary N) is 1. The molecule has 4 rings (SSSR count). The van der Waals surface area contributed by atoms with Gasteiger partial charge in [0.1, 0.15) is 16.5 Å². The van der Waals surface area contributed by atoms with E-state index in [0.717, 1.165) is 11.3 Å². The molecule has 29 heavy (non-hydrogen) atoms. The lowest BCUT2D eigenvalue weighted by atomic mass is 9.98. The average molecular weight is 405 g/mol. The molecule has 2 aromatic carbocycles. The molecule has 1 aromatic heterocycles. The van der Waals surface area contributed by atoms with Crippen molar-refractivity contribution in [2.24, 2.45) is 0 Å². The molecule has 1 unspecified atom stereocenters. The fourth-order valence-electron chi connectivity index (χ4n) is 2.94. The van der Waals surface area contributed by atoms with Gasteiger partial charge < -0.3 is 14.8 Å². The first-order valence-electron chi connectivity index (χ1n) is 8.69. The van der Waals surface area contributed by atoms with Crippen molar-refractivity contribution < 1.29 is 19.1 Å². The smallest absolute Gasteiger partial charge is 0.262 e. The van der Waals surface area contributed by atoms with Gasteiger partial charge in [0.15, 0.2) is 18.3 Å². The monoisotopic (exact) mass is 405 g/mol. The van der Waals surface area contributed by atoms with Crippen LogP contribution in [0, 0.1) is 11.3 Å². The standard InChI is InChI=1S/C21H15N3O4S/c1-27-14-5-2-12(3-6-14)17-11-29-21(24-17)15(9-22)20(26)13-4-7-16-18(8-13)28-10-19(25)23-16/h2-8,11,15H,10H2,1H3,(H,23,25). The minimum atomic E-state index is -1.02. The van der Waals surface area contributed by atoms with Crippen LogP contribution in [0.15, 0.2) is 47.8 Å². The molecular weight excluding hydrogens is 390 g/mol. The molecule has 0 fully saturated rings. The number of hydrogen-bond acceptors (Lipinski definition) is 7. The second-order valence-electron chi connectivity index (χ2n) is 6.27. The van der Waals surface area contributed by atoms with E-state index < -0.39 is 5.92 Å². The first-order chi connectivity index (χ1) is 14.1. The summed E-state index contributed by atoms with van der Waals surface area (Å²) in [5.41, 5.74) is 2.39. The fourth-order valence-corrected chi connectivity index (χ4v) is 3.80. The highest BCUT2D eigenvalue weighted by Gasteiger charge is 2.27. The number of rotatable bonds is 5. The fraction of sp³-hybridized carbons (Fsp3) is 0.143. The molecule has 3 aromatic rings. The van der Waals surface area contributed by atoms with E-state index in [4.69, 9.17) is 9.47 Å². The Bertz CT molecular complexity index is 1130. The van der Waals surface area contributed by atoms with Crippen LogP contribution in [0.2, 0.25) is 0 Å². The summed E-state index contributed by atoms with van der Waals surface area (Å²) >= 11 is 1.27. The van der Waals surface area contributed by atoms with E-state index in [0.29, 0.717) is 27.7 Å². The van der Waals surface area contributed by atoms with E-state index in [1.54, 1.807) is 25.3 Å². The maximum atomic E-state index is 12.9. The van der Waals surface area contributed by atoms with Crippen LogP contribution in [0.4, 0.5) is 5.69 Å². The normalized spacial score (nSPS) is 13.4. The largest absolute Gasteiger partial charge is 0.497 e. The van der Waals surface area contributed by atoms with Crippen molar-refractivity contribution in [3.63, 3.8) is 0 Å². The summed E-state index contributed by atoms with van der Waals surface area (Å²) in [6, 6.07) is 14.2. The number of anilines is 1. The zero-order valence-corrected chi connectivity index (χ0v) is 16.2. The van der Waals surface area contributed by atoms with E-state index in [9.17, 15) is 14.9 Å². The maximum absolute atomic E-state index is 12.9. The van der Waals surface area contributed by atoms with Gasteiger partial charge >= 0.3 is 0 Å². The van der Waals surface area contributed by atoms with Crippen LogP contribution in [-0.4, -0.2) is 30.4 Å². The summed E-state index contributed by atoms with van der Waals surface area (Å²) in [4.78, 5) is 28.8. The van der Waals surface area contributed by atoms with Crippen molar-refractivity contribution in [2.75, 3.05) is 19.0 Å². The van der Waals surface area contributed by atoms with Gasteiger partial charge in [-0.25, -0.2) is 4.98 Å². The lowest BCUT2D eigenvalue weighted by Gasteiger charge is -2.18. The second-order valence-corrected chi connectivity index (χ2v) is 7.16. The van der Waals surface area contributed by atoms with Crippen molar-refractivity contribution in [2.45, 2.75) is 5.92 Å². The molecule has 144 valence electrons. The molecule has 0 aliphatic carbocycles. The zero-order chi connectivity index (χ0) is 20.4. The number of ketones is 1. The van der Waals surface area contributed by atoms with E-state index >= 15 is 0 Å². The van der Waals surface area contributed by atoms with Crippen LogP contribution in [0.3, 0.4) is 0 Å². The summed E-state index contributed by atoms with van der Waals surface area (Å²) in [6.07, 6.45) is 0. The highest BCUT2D eigenvalue weighted by atomic mass is 32.1. The number of hydrogen-bond donors (Lipinski definition) is 1. The lowest BCUT2D eigenvalue weighted by molar-refractivity contribution is -0.118. The quantitative estimate of drug-likeness (QED) is 0.651. The Labute approximate surface area is 170 Å². The molecule has 1 atom stereocenters. The molecule has 0 radical (unpaired) electrons. The number of nitriles is 1. The number of benzene rings is 2. The molecule has 1 aliphatic rings. The zero-order valence-electron chi connectivity index (χ0n) is 15.3. The summed E-state index contributed by atoms with van der Waals surface area (Å²) in [6.45, 7) is -0.107. The summed E-state index contributed by atoms with van der Waals surface area (Å²) in [5, 5.41) is 14.5. The van der Waals surface area contributed by atoms with Crippen LogP contribution in [0.5, 0.6) is 11.5 Å². The Morgan fingerprint density at radius 1 is 1.31 bits per heavy atom. The number of fused-ring (bicyclic) bond motifs is 1. The molecule has 0 saturated carbocycles. The molecule has 2 heterocycles. The first-order valence-corrected chi connectivity index (χ1v) is 9.57. The van der Waals surface area contributed by atoms with Crippen molar-refractivity contribution in [3.05, 3.63) is 58.4 Å². The van der Waals surface area contributed by atoms with E-state index in [1.807, 2.05) is 29.6 Å². The molecule has 0 spiro atoms. The number of ether oxygens (including phenoxy) is 2. The predicted octanol–water partition coefficient (Wildman–Crippen LogP) is 3.64. The molecule has 0 saturated heterocycles. The number of thiazole rings is 1. The van der Waals surface area contributed by atoms with Crippen LogP contribution < -0.4 is 14.8 Å². The van der Waals surface area contributed by atoms with E-state index in [1.165, 1.54) is 11.3 Å². The molecular formula is C21H15N3O4S. The molecule has 1 aliphatic heterocycles. The molecule has 0 bridgehead atoms. The SMILES string of the molecule is COc1ccc(-c2csc(C(C#N)C(=O)c3ccc4c(c3)OCC(=O)N4)n2)cc1. The number of carbonyl (C=O) groups is 2. The number of nitrogens with zero attached hydrogens (tertiary/aromatic N) is 2. The Hall–Kier alpha value is -3.70. The topological polar surface area (TPSA) is 101 Å². The Kier molecular flexibility index (Phi) is 4.97. The third-order valence-corrected chi connectivity index (χ3v) is 5.35. The van der Waals surface area contributed by atoms with Crippen molar-refractivity contribution in [1.82, 2.24) is 4.98 Å². The van der Waals surface area contributed by atoms with Gasteiger partial charge in [0.05, 0.1) is 24.6 Å². The number of Topliss-reactive ketones (excluding diaryl/α,β-unsaturated/α-hetero) is 1. The predicted molar refractivity (Wildman–Crippen MR) is 107 cm³/mol. The highest BCUT2D eigenvalue weighted by molar-refractivity contribution is 7.10. The average Bonchev–Trinajstić information content (AvgIpc) is 3.23. The number of carbonyl (C=O) groups excluding carboxylic acids is 2. The van der Waals surface area contributed by atoms with Gasteiger partial charge in [-0.1, -0.05) is 0 Å². The van der Waals surface area contributed by atoms with Gasteiger partial charge in [-0.2, -0.15) is 5.26 Å². The van der Waals surface area contributed by atoms with Gasteiger partial charge in [-0.3, -0.25) is 9.59 Å². The van der Waals surface area contributed by atoms with Gasteiger partial charge in [0.25, 0.3) is 5.91 Å². The summed E-state index contributed by atoms with van der Waals surface area (Å²) < 4.78 is 10.5. The van der Waals surface area contributed by atoms with Crippen LogP contribution in [-0.2, 0) is 4.79 Å². The Morgan fingerprint density at radius 2 is 2.10 bits per heavy atom. The summed E-state index contributed by atoms with van der Waals surface area (Å²) in [7, 11) is 1.60. The minimum Gasteiger partial charge on any atom is -0.497 e. The Morgan fingerprint density at radius 3 is 2.83 bits per heavy atom. The lowest BCUT2D eigenvalue weighted by Crippen LogP contribution is -2.25. The van der Waals surface area contributed by atoms with Gasteiger partial charge in [-0.15, -0.1) is 11.3 Å². The molecule has 7 nitrogen and oxygen atoms in total. The molecule has 8 heteroatoms. The van der Waals surface area contributed by atoms with Crippen LogP contribution in [0.1, 0.15) is 21.3 Å². The minimum absolute atomic E-state index is 0.107. The van der Waals surface area contributed by atoms with Gasteiger partial charge in [0.2, 0.25) is 0 Å². The van der Waals surface area contributed by atoms with Crippen LogP contribution in [0.25, 0.3) is 11.3 Å². The molecule has 1 N–H and O–H groups in total. The number of methoxy groups -OCH3 is 1. The van der Waals surface area contributed by atoms with Gasteiger partial charge in [-0.05, 0) is 42.5 Å². The first kappa shape index (κ1) is 18.7. The van der Waals surface area contributed by atoms with Crippen molar-refractivity contribution in [3.8, 4) is 28.8 Å². The van der Waals surface area contributed by atoms with E-state index in [-0.39, 0.29) is 18.3 Å². The third-order valence-electron chi connectivity index (χ3n) is 4.44. The third kappa shape index (κ3) is 3.68. The van der Waals surface area contributed by atoms with E-state index in [2.05, 4.69) is 16.4 Å². The Balaban J connectivity index is 1.59. The highest BCUT2D eigenvalue weighted by Crippen LogP contribution is 2.33. The number of amides is 1. The van der Waals surface area contributed by atoms with Gasteiger partial charge in [0, 0.05) is 16.5 Å². The molecule has 1 amide bonds.